The Hall–Kier alpha value is -1.59. The molecule has 1 aliphatic rings. The van der Waals surface area contributed by atoms with Crippen LogP contribution in [0.4, 0.5) is 5.69 Å². The van der Waals surface area contributed by atoms with Crippen LogP contribution in [-0.4, -0.2) is 24.9 Å². The Morgan fingerprint density at radius 2 is 1.79 bits per heavy atom. The van der Waals surface area contributed by atoms with Crippen molar-refractivity contribution in [2.75, 3.05) is 18.4 Å². The van der Waals surface area contributed by atoms with Gasteiger partial charge < -0.3 is 16.4 Å². The molecule has 1 saturated carbocycles. The first kappa shape index (κ1) is 20.5. The zero-order chi connectivity index (χ0) is 17.0. The van der Waals surface area contributed by atoms with E-state index in [9.17, 15) is 9.59 Å². The summed E-state index contributed by atoms with van der Waals surface area (Å²) >= 11 is 0. The molecule has 0 bridgehead atoms. The standard InChI is InChI=1S/C18H27N3O2.ClH/c1-11-7-12(2)17(13(3)8-11)21-16(22)10-20-18(23)15-6-4-5-14(15)9-19;/h7-8,14-15H,4-6,9-10,19H2,1-3H3,(H,20,23)(H,21,22);1H/t14-,15-;/m1./s1. The molecular formula is C18H28ClN3O2. The maximum Gasteiger partial charge on any atom is 0.243 e. The summed E-state index contributed by atoms with van der Waals surface area (Å²) in [4.78, 5) is 24.3. The largest absolute Gasteiger partial charge is 0.347 e. The van der Waals surface area contributed by atoms with Crippen LogP contribution in [0.3, 0.4) is 0 Å². The van der Waals surface area contributed by atoms with E-state index in [0.717, 1.165) is 36.1 Å². The Kier molecular flexibility index (Phi) is 7.70. The average molecular weight is 354 g/mol. The fourth-order valence-corrected chi connectivity index (χ4v) is 3.52. The minimum atomic E-state index is -0.198. The zero-order valence-corrected chi connectivity index (χ0v) is 15.5. The van der Waals surface area contributed by atoms with Gasteiger partial charge in [0.1, 0.15) is 0 Å². The third kappa shape index (κ3) is 4.95. The zero-order valence-electron chi connectivity index (χ0n) is 14.6. The van der Waals surface area contributed by atoms with Crippen molar-refractivity contribution < 1.29 is 9.59 Å². The predicted octanol–water partition coefficient (Wildman–Crippen LogP) is 2.46. The quantitative estimate of drug-likeness (QED) is 0.760. The van der Waals surface area contributed by atoms with E-state index in [1.165, 1.54) is 5.56 Å². The van der Waals surface area contributed by atoms with Gasteiger partial charge in [0, 0.05) is 11.6 Å². The molecule has 1 fully saturated rings. The lowest BCUT2D eigenvalue weighted by Crippen LogP contribution is -2.39. The Balaban J connectivity index is 0.00000288. The van der Waals surface area contributed by atoms with Gasteiger partial charge in [-0.3, -0.25) is 9.59 Å². The van der Waals surface area contributed by atoms with Crippen molar-refractivity contribution in [1.82, 2.24) is 5.32 Å². The first-order valence-corrected chi connectivity index (χ1v) is 8.28. The summed E-state index contributed by atoms with van der Waals surface area (Å²) < 4.78 is 0. The molecule has 2 rings (SSSR count). The van der Waals surface area contributed by atoms with Gasteiger partial charge in [0.2, 0.25) is 11.8 Å². The number of nitrogens with one attached hydrogen (secondary N) is 2. The van der Waals surface area contributed by atoms with Crippen molar-refractivity contribution in [3.63, 3.8) is 0 Å². The molecule has 1 aromatic carbocycles. The smallest absolute Gasteiger partial charge is 0.243 e. The Morgan fingerprint density at radius 1 is 1.17 bits per heavy atom. The van der Waals surface area contributed by atoms with Crippen LogP contribution in [0.15, 0.2) is 12.1 Å². The number of anilines is 1. The second kappa shape index (κ2) is 9.04. The lowest BCUT2D eigenvalue weighted by atomic mass is 9.95. The third-order valence-electron chi connectivity index (χ3n) is 4.66. The molecule has 2 amide bonds. The minimum Gasteiger partial charge on any atom is -0.347 e. The lowest BCUT2D eigenvalue weighted by Gasteiger charge is -2.18. The lowest BCUT2D eigenvalue weighted by molar-refractivity contribution is -0.128. The van der Waals surface area contributed by atoms with Gasteiger partial charge in [-0.2, -0.15) is 0 Å². The molecule has 0 saturated heterocycles. The van der Waals surface area contributed by atoms with Crippen molar-refractivity contribution in [3.8, 4) is 0 Å². The van der Waals surface area contributed by atoms with E-state index in [1.54, 1.807) is 0 Å². The van der Waals surface area contributed by atoms with E-state index < -0.39 is 0 Å². The van der Waals surface area contributed by atoms with Gasteiger partial charge in [-0.1, -0.05) is 24.1 Å². The third-order valence-corrected chi connectivity index (χ3v) is 4.66. The molecule has 0 spiro atoms. The van der Waals surface area contributed by atoms with Gasteiger partial charge in [0.15, 0.2) is 0 Å². The van der Waals surface area contributed by atoms with Crippen molar-refractivity contribution in [3.05, 3.63) is 28.8 Å². The Morgan fingerprint density at radius 3 is 2.38 bits per heavy atom. The van der Waals surface area contributed by atoms with E-state index >= 15 is 0 Å². The summed E-state index contributed by atoms with van der Waals surface area (Å²) in [5.74, 6) is -0.0450. The molecule has 5 nitrogen and oxygen atoms in total. The number of hydrogen-bond acceptors (Lipinski definition) is 3. The molecule has 134 valence electrons. The summed E-state index contributed by atoms with van der Waals surface area (Å²) in [5.41, 5.74) is 9.76. The average Bonchev–Trinajstić information content (AvgIpc) is 2.97. The molecule has 1 aromatic rings. The van der Waals surface area contributed by atoms with Gasteiger partial charge in [-0.05, 0) is 57.2 Å². The topological polar surface area (TPSA) is 84.2 Å². The molecule has 0 unspecified atom stereocenters. The molecule has 4 N–H and O–H groups in total. The van der Waals surface area contributed by atoms with Crippen LogP contribution in [0.25, 0.3) is 0 Å². The molecule has 1 aliphatic carbocycles. The Labute approximate surface area is 150 Å². The molecule has 0 radical (unpaired) electrons. The first-order valence-electron chi connectivity index (χ1n) is 8.28. The number of amides is 2. The number of aryl methyl sites for hydroxylation is 3. The minimum absolute atomic E-state index is 0. The number of benzene rings is 1. The van der Waals surface area contributed by atoms with E-state index in [4.69, 9.17) is 5.73 Å². The highest BCUT2D eigenvalue weighted by Gasteiger charge is 2.31. The molecule has 0 heterocycles. The maximum atomic E-state index is 12.2. The summed E-state index contributed by atoms with van der Waals surface area (Å²) in [6.07, 6.45) is 2.90. The number of carbonyl (C=O) groups is 2. The number of nitrogens with two attached hydrogens (primary N) is 1. The number of rotatable bonds is 5. The van der Waals surface area contributed by atoms with Crippen LogP contribution in [0.1, 0.15) is 36.0 Å². The second-order valence-corrected chi connectivity index (χ2v) is 6.57. The number of halogens is 1. The maximum absolute atomic E-state index is 12.2. The summed E-state index contributed by atoms with van der Waals surface area (Å²) in [5, 5.41) is 5.65. The predicted molar refractivity (Wildman–Crippen MR) is 99.4 cm³/mol. The van der Waals surface area contributed by atoms with Crippen LogP contribution in [0, 0.1) is 32.6 Å². The highest BCUT2D eigenvalue weighted by Crippen LogP contribution is 2.30. The fraction of sp³-hybridized carbons (Fsp3) is 0.556. The molecule has 0 aliphatic heterocycles. The molecular weight excluding hydrogens is 326 g/mol. The van der Waals surface area contributed by atoms with Crippen LogP contribution < -0.4 is 16.4 Å². The SMILES string of the molecule is Cc1cc(C)c(NC(=O)CNC(=O)[C@@H]2CCC[C@@H]2CN)c(C)c1.Cl. The van der Waals surface area contributed by atoms with Gasteiger partial charge in [0.05, 0.1) is 6.54 Å². The van der Waals surface area contributed by atoms with E-state index in [-0.39, 0.29) is 42.6 Å². The van der Waals surface area contributed by atoms with Gasteiger partial charge >= 0.3 is 0 Å². The van der Waals surface area contributed by atoms with E-state index in [2.05, 4.69) is 10.6 Å². The Bertz CT molecular complexity index is 581. The molecule has 24 heavy (non-hydrogen) atoms. The number of carbonyl (C=O) groups excluding carboxylic acids is 2. The van der Waals surface area contributed by atoms with E-state index in [0.29, 0.717) is 6.54 Å². The summed E-state index contributed by atoms with van der Waals surface area (Å²) in [7, 11) is 0. The highest BCUT2D eigenvalue weighted by molar-refractivity contribution is 5.96. The normalized spacial score (nSPS) is 19.5. The van der Waals surface area contributed by atoms with Crippen LogP contribution in [-0.2, 0) is 9.59 Å². The van der Waals surface area contributed by atoms with Crippen LogP contribution in [0.5, 0.6) is 0 Å². The highest BCUT2D eigenvalue weighted by atomic mass is 35.5. The summed E-state index contributed by atoms with van der Waals surface area (Å²) in [6.45, 7) is 6.50. The molecule has 6 heteroatoms. The monoisotopic (exact) mass is 353 g/mol. The van der Waals surface area contributed by atoms with Crippen LogP contribution >= 0.6 is 12.4 Å². The van der Waals surface area contributed by atoms with Gasteiger partial charge in [-0.15, -0.1) is 12.4 Å². The van der Waals surface area contributed by atoms with E-state index in [1.807, 2.05) is 32.9 Å². The van der Waals surface area contributed by atoms with Crippen LogP contribution in [0.2, 0.25) is 0 Å². The first-order chi connectivity index (χ1) is 10.9. The number of hydrogen-bond donors (Lipinski definition) is 3. The molecule has 0 aromatic heterocycles. The van der Waals surface area contributed by atoms with Crippen molar-refractivity contribution >= 4 is 29.9 Å². The van der Waals surface area contributed by atoms with Crippen molar-refractivity contribution in [2.45, 2.75) is 40.0 Å². The van der Waals surface area contributed by atoms with Crippen molar-refractivity contribution in [1.29, 1.82) is 0 Å². The van der Waals surface area contributed by atoms with Gasteiger partial charge in [0.25, 0.3) is 0 Å². The molecule has 2 atom stereocenters. The van der Waals surface area contributed by atoms with Crippen molar-refractivity contribution in [2.24, 2.45) is 17.6 Å². The second-order valence-electron chi connectivity index (χ2n) is 6.57. The fourth-order valence-electron chi connectivity index (χ4n) is 3.52. The van der Waals surface area contributed by atoms with Gasteiger partial charge in [-0.25, -0.2) is 0 Å². The summed E-state index contributed by atoms with van der Waals surface area (Å²) in [6, 6.07) is 4.07.